The molecule has 4 nitrogen and oxygen atoms in total. The second-order valence-electron chi connectivity index (χ2n) is 3.05. The molecule has 14 heavy (non-hydrogen) atoms. The third-order valence-electron chi connectivity index (χ3n) is 1.46. The number of nitrogens with one attached hydrogen (secondary N) is 1. The van der Waals surface area contributed by atoms with Crippen LogP contribution in [0.3, 0.4) is 0 Å². The van der Waals surface area contributed by atoms with Gasteiger partial charge in [-0.05, 0) is 13.8 Å². The zero-order valence-corrected chi connectivity index (χ0v) is 9.13. The molecule has 5 heteroatoms. The number of carbonyl (C=O) groups is 1. The van der Waals surface area contributed by atoms with Crippen LogP contribution in [0, 0.1) is 0 Å². The zero-order valence-electron chi connectivity index (χ0n) is 8.32. The lowest BCUT2D eigenvalue weighted by atomic mass is 10.4. The molecule has 0 aromatic carbocycles. The molecule has 0 bridgehead atoms. The van der Waals surface area contributed by atoms with Crippen LogP contribution in [0.2, 0.25) is 0 Å². The number of amides is 1. The fourth-order valence-electron chi connectivity index (χ4n) is 0.854. The quantitative estimate of drug-likeness (QED) is 0.814. The van der Waals surface area contributed by atoms with Crippen LogP contribution < -0.4 is 5.32 Å². The number of aromatic nitrogens is 1. The van der Waals surface area contributed by atoms with Gasteiger partial charge in [-0.2, -0.15) is 0 Å². The molecule has 0 saturated heterocycles. The average Bonchev–Trinajstić information content (AvgIpc) is 2.56. The summed E-state index contributed by atoms with van der Waals surface area (Å²) in [6.07, 6.45) is 2.20. The number of rotatable bonds is 5. The Labute approximate surface area is 87.3 Å². The molecule has 0 aliphatic heterocycles. The van der Waals surface area contributed by atoms with Crippen molar-refractivity contribution in [3.8, 4) is 0 Å². The highest BCUT2D eigenvalue weighted by Gasteiger charge is 2.04. The molecule has 0 aliphatic carbocycles. The molecule has 0 radical (unpaired) electrons. The van der Waals surface area contributed by atoms with Crippen LogP contribution in [-0.2, 0) is 9.53 Å². The first-order valence-corrected chi connectivity index (χ1v) is 5.37. The Balaban J connectivity index is 2.17. The van der Waals surface area contributed by atoms with E-state index in [0.717, 1.165) is 0 Å². The summed E-state index contributed by atoms with van der Waals surface area (Å²) < 4.78 is 5.25. The van der Waals surface area contributed by atoms with Gasteiger partial charge in [-0.3, -0.25) is 4.79 Å². The summed E-state index contributed by atoms with van der Waals surface area (Å²) in [6.45, 7) is 4.34. The minimum Gasteiger partial charge on any atom is -0.378 e. The van der Waals surface area contributed by atoms with Crippen molar-refractivity contribution in [2.45, 2.75) is 26.4 Å². The minimum atomic E-state index is -0.0550. The lowest BCUT2D eigenvalue weighted by Gasteiger charge is -2.06. The van der Waals surface area contributed by atoms with Crippen molar-refractivity contribution in [1.29, 1.82) is 0 Å². The van der Waals surface area contributed by atoms with E-state index in [1.54, 1.807) is 6.20 Å². The number of hydrogen-bond donors (Lipinski definition) is 1. The van der Waals surface area contributed by atoms with Crippen LogP contribution in [0.1, 0.15) is 20.3 Å². The lowest BCUT2D eigenvalue weighted by molar-refractivity contribution is -0.117. The second-order valence-corrected chi connectivity index (χ2v) is 3.95. The maximum absolute atomic E-state index is 11.3. The number of hydrogen-bond acceptors (Lipinski definition) is 4. The van der Waals surface area contributed by atoms with Crippen molar-refractivity contribution in [3.63, 3.8) is 0 Å². The highest BCUT2D eigenvalue weighted by Crippen LogP contribution is 2.10. The van der Waals surface area contributed by atoms with Crippen LogP contribution in [0.4, 0.5) is 5.13 Å². The maximum atomic E-state index is 11.3. The van der Waals surface area contributed by atoms with Gasteiger partial charge in [-0.1, -0.05) is 0 Å². The summed E-state index contributed by atoms with van der Waals surface area (Å²) >= 11 is 1.41. The molecule has 0 atom stereocenters. The normalized spacial score (nSPS) is 10.5. The topological polar surface area (TPSA) is 51.2 Å². The molecule has 1 heterocycles. The van der Waals surface area contributed by atoms with Gasteiger partial charge >= 0.3 is 0 Å². The number of ether oxygens (including phenoxy) is 1. The van der Waals surface area contributed by atoms with E-state index in [-0.39, 0.29) is 12.0 Å². The lowest BCUT2D eigenvalue weighted by Crippen LogP contribution is -2.15. The van der Waals surface area contributed by atoms with Crippen LogP contribution >= 0.6 is 11.3 Å². The first-order chi connectivity index (χ1) is 6.68. The van der Waals surface area contributed by atoms with Gasteiger partial charge in [-0.15, -0.1) is 11.3 Å². The Bertz CT molecular complexity index is 272. The van der Waals surface area contributed by atoms with E-state index in [1.165, 1.54) is 11.3 Å². The van der Waals surface area contributed by atoms with E-state index >= 15 is 0 Å². The third kappa shape index (κ3) is 4.34. The number of nitrogens with zero attached hydrogens (tertiary/aromatic N) is 1. The standard InChI is InChI=1S/C9H14N2O2S/c1-7(2)13-5-3-8(12)11-9-10-4-6-14-9/h4,6-7H,3,5H2,1-2H3,(H,10,11,12). The summed E-state index contributed by atoms with van der Waals surface area (Å²) in [4.78, 5) is 15.2. The summed E-state index contributed by atoms with van der Waals surface area (Å²) in [5, 5.41) is 5.14. The van der Waals surface area contributed by atoms with Gasteiger partial charge in [0.2, 0.25) is 5.91 Å². The van der Waals surface area contributed by atoms with E-state index in [1.807, 2.05) is 19.2 Å². The van der Waals surface area contributed by atoms with Gasteiger partial charge in [0.15, 0.2) is 5.13 Å². The fraction of sp³-hybridized carbons (Fsp3) is 0.556. The number of anilines is 1. The monoisotopic (exact) mass is 214 g/mol. The molecule has 1 aromatic rings. The predicted octanol–water partition coefficient (Wildman–Crippen LogP) is 1.90. The molecule has 78 valence electrons. The van der Waals surface area contributed by atoms with Gasteiger partial charge in [-0.25, -0.2) is 4.98 Å². The van der Waals surface area contributed by atoms with Crippen LogP contribution in [-0.4, -0.2) is 23.6 Å². The van der Waals surface area contributed by atoms with Crippen LogP contribution in [0.25, 0.3) is 0 Å². The van der Waals surface area contributed by atoms with E-state index in [2.05, 4.69) is 10.3 Å². The smallest absolute Gasteiger partial charge is 0.228 e. The summed E-state index contributed by atoms with van der Waals surface area (Å²) in [5.41, 5.74) is 0. The summed E-state index contributed by atoms with van der Waals surface area (Å²) in [5.74, 6) is -0.0550. The van der Waals surface area contributed by atoms with Gasteiger partial charge < -0.3 is 10.1 Å². The SMILES string of the molecule is CC(C)OCCC(=O)Nc1nccs1. The highest BCUT2D eigenvalue weighted by atomic mass is 32.1. The molecular weight excluding hydrogens is 200 g/mol. The fourth-order valence-corrected chi connectivity index (χ4v) is 1.40. The first-order valence-electron chi connectivity index (χ1n) is 4.49. The first kappa shape index (κ1) is 11.1. The number of carbonyl (C=O) groups excluding carboxylic acids is 1. The van der Waals surface area contributed by atoms with Gasteiger partial charge in [0.05, 0.1) is 19.1 Å². The van der Waals surface area contributed by atoms with Crippen molar-refractivity contribution in [2.75, 3.05) is 11.9 Å². The molecule has 1 amide bonds. The maximum Gasteiger partial charge on any atom is 0.228 e. The van der Waals surface area contributed by atoms with Crippen molar-refractivity contribution in [1.82, 2.24) is 4.98 Å². The van der Waals surface area contributed by atoms with E-state index in [0.29, 0.717) is 18.2 Å². The van der Waals surface area contributed by atoms with Gasteiger partial charge in [0.1, 0.15) is 0 Å². The van der Waals surface area contributed by atoms with Gasteiger partial charge in [0.25, 0.3) is 0 Å². The molecule has 0 aliphatic rings. The van der Waals surface area contributed by atoms with Crippen molar-refractivity contribution in [3.05, 3.63) is 11.6 Å². The minimum absolute atomic E-state index is 0.0550. The second kappa shape index (κ2) is 5.72. The molecule has 0 fully saturated rings. The average molecular weight is 214 g/mol. The van der Waals surface area contributed by atoms with E-state index in [9.17, 15) is 4.79 Å². The summed E-state index contributed by atoms with van der Waals surface area (Å²) in [7, 11) is 0. The molecular formula is C9H14N2O2S. The zero-order chi connectivity index (χ0) is 10.4. The van der Waals surface area contributed by atoms with Crippen molar-refractivity contribution < 1.29 is 9.53 Å². The molecule has 1 aromatic heterocycles. The van der Waals surface area contributed by atoms with E-state index in [4.69, 9.17) is 4.74 Å². The predicted molar refractivity (Wildman–Crippen MR) is 56.4 cm³/mol. The molecule has 0 unspecified atom stereocenters. The van der Waals surface area contributed by atoms with Crippen molar-refractivity contribution >= 4 is 22.4 Å². The Hall–Kier alpha value is -0.940. The number of thiazole rings is 1. The Morgan fingerprint density at radius 1 is 1.71 bits per heavy atom. The Morgan fingerprint density at radius 2 is 2.50 bits per heavy atom. The highest BCUT2D eigenvalue weighted by molar-refractivity contribution is 7.13. The van der Waals surface area contributed by atoms with Gasteiger partial charge in [0, 0.05) is 11.6 Å². The third-order valence-corrected chi connectivity index (χ3v) is 2.15. The summed E-state index contributed by atoms with van der Waals surface area (Å²) in [6, 6.07) is 0. The van der Waals surface area contributed by atoms with Crippen molar-refractivity contribution in [2.24, 2.45) is 0 Å². The molecule has 0 spiro atoms. The van der Waals surface area contributed by atoms with Crippen LogP contribution in [0.15, 0.2) is 11.6 Å². The van der Waals surface area contributed by atoms with E-state index < -0.39 is 0 Å². The molecule has 1 N–H and O–H groups in total. The molecule has 1 rings (SSSR count). The Morgan fingerprint density at radius 3 is 3.07 bits per heavy atom. The molecule has 0 saturated carbocycles. The Kier molecular flexibility index (Phi) is 4.55. The van der Waals surface area contributed by atoms with Crippen LogP contribution in [0.5, 0.6) is 0 Å². The largest absolute Gasteiger partial charge is 0.378 e.